The summed E-state index contributed by atoms with van der Waals surface area (Å²) in [6.45, 7) is 1.25. The molecule has 2 amide bonds. The smallest absolute Gasteiger partial charge is 0.281 e. The van der Waals surface area contributed by atoms with Crippen molar-refractivity contribution in [2.75, 3.05) is 18.8 Å². The molecule has 1 aromatic carbocycles. The van der Waals surface area contributed by atoms with Crippen LogP contribution in [0.3, 0.4) is 0 Å². The lowest BCUT2D eigenvalue weighted by atomic mass is 9.89. The van der Waals surface area contributed by atoms with Gasteiger partial charge in [-0.2, -0.15) is 0 Å². The van der Waals surface area contributed by atoms with Gasteiger partial charge in [-0.15, -0.1) is 11.3 Å². The first-order valence-electron chi connectivity index (χ1n) is 9.57. The molecule has 0 spiro atoms. The number of hydrogen-bond donors (Lipinski definition) is 1. The fourth-order valence-corrected chi connectivity index (χ4v) is 5.46. The average Bonchev–Trinajstić information content (AvgIpc) is 3.36. The van der Waals surface area contributed by atoms with Gasteiger partial charge in [0, 0.05) is 30.1 Å². The number of amides is 2. The second kappa shape index (κ2) is 8.48. The highest BCUT2D eigenvalue weighted by Crippen LogP contribution is 2.30. The maximum absolute atomic E-state index is 12.6. The molecule has 6 heteroatoms. The van der Waals surface area contributed by atoms with Crippen LogP contribution in [0.4, 0.5) is 4.79 Å². The normalized spacial score (nSPS) is 17.6. The van der Waals surface area contributed by atoms with Crippen LogP contribution in [0.15, 0.2) is 35.7 Å². The van der Waals surface area contributed by atoms with E-state index >= 15 is 0 Å². The summed E-state index contributed by atoms with van der Waals surface area (Å²) in [5.41, 5.74) is 4.03. The lowest BCUT2D eigenvalue weighted by molar-refractivity contribution is -0.121. The molecular formula is C21H24N2O2S2. The molecule has 0 radical (unpaired) electrons. The largest absolute Gasteiger partial charge is 0.344 e. The third-order valence-corrected chi connectivity index (χ3v) is 7.12. The highest BCUT2D eigenvalue weighted by atomic mass is 32.2. The van der Waals surface area contributed by atoms with Crippen molar-refractivity contribution in [3.8, 4) is 0 Å². The molecule has 1 aromatic heterocycles. The molecule has 1 aliphatic carbocycles. The molecule has 1 aliphatic heterocycles. The van der Waals surface area contributed by atoms with Gasteiger partial charge in [0.25, 0.3) is 5.24 Å². The van der Waals surface area contributed by atoms with Crippen LogP contribution in [0.25, 0.3) is 0 Å². The lowest BCUT2D eigenvalue weighted by Gasteiger charge is -2.22. The van der Waals surface area contributed by atoms with Gasteiger partial charge in [0.2, 0.25) is 5.91 Å². The molecule has 0 saturated carbocycles. The zero-order valence-electron chi connectivity index (χ0n) is 15.3. The third kappa shape index (κ3) is 4.38. The number of benzene rings is 1. The van der Waals surface area contributed by atoms with Crippen LogP contribution in [0, 0.1) is 0 Å². The molecule has 1 fully saturated rings. The summed E-state index contributed by atoms with van der Waals surface area (Å²) >= 11 is 3.00. The Morgan fingerprint density at radius 1 is 1.19 bits per heavy atom. The van der Waals surface area contributed by atoms with E-state index in [1.807, 2.05) is 11.4 Å². The molecule has 2 heterocycles. The van der Waals surface area contributed by atoms with E-state index in [-0.39, 0.29) is 17.2 Å². The van der Waals surface area contributed by atoms with Crippen molar-refractivity contribution in [3.63, 3.8) is 0 Å². The fourth-order valence-electron chi connectivity index (χ4n) is 3.81. The van der Waals surface area contributed by atoms with Crippen molar-refractivity contribution in [1.82, 2.24) is 10.2 Å². The number of rotatable bonds is 6. The van der Waals surface area contributed by atoms with Gasteiger partial charge in [-0.3, -0.25) is 9.59 Å². The van der Waals surface area contributed by atoms with Crippen molar-refractivity contribution in [2.24, 2.45) is 0 Å². The van der Waals surface area contributed by atoms with Gasteiger partial charge in [-0.25, -0.2) is 0 Å². The molecule has 0 bridgehead atoms. The van der Waals surface area contributed by atoms with Crippen molar-refractivity contribution in [1.29, 1.82) is 0 Å². The van der Waals surface area contributed by atoms with Gasteiger partial charge >= 0.3 is 0 Å². The third-order valence-electron chi connectivity index (χ3n) is 5.29. The van der Waals surface area contributed by atoms with Gasteiger partial charge in [0.15, 0.2) is 0 Å². The Kier molecular flexibility index (Phi) is 5.83. The first-order chi connectivity index (χ1) is 13.2. The number of nitrogens with zero attached hydrogens (tertiary/aromatic N) is 1. The molecule has 4 nitrogen and oxygen atoms in total. The van der Waals surface area contributed by atoms with Gasteiger partial charge in [-0.1, -0.05) is 36.0 Å². The Morgan fingerprint density at radius 3 is 2.78 bits per heavy atom. The number of aryl methyl sites for hydroxylation is 2. The molecule has 4 rings (SSSR count). The highest BCUT2D eigenvalue weighted by molar-refractivity contribution is 8.13. The quantitative estimate of drug-likeness (QED) is 0.782. The van der Waals surface area contributed by atoms with E-state index < -0.39 is 0 Å². The molecule has 1 saturated heterocycles. The van der Waals surface area contributed by atoms with E-state index in [4.69, 9.17) is 0 Å². The summed E-state index contributed by atoms with van der Waals surface area (Å²) in [6, 6.07) is 10.7. The Morgan fingerprint density at radius 2 is 2.04 bits per heavy atom. The summed E-state index contributed by atoms with van der Waals surface area (Å²) < 4.78 is 0. The Bertz CT molecular complexity index is 820. The summed E-state index contributed by atoms with van der Waals surface area (Å²) in [7, 11) is 0. The first kappa shape index (κ1) is 18.6. The zero-order valence-corrected chi connectivity index (χ0v) is 16.9. The lowest BCUT2D eigenvalue weighted by Crippen LogP contribution is -2.33. The number of nitrogens with one attached hydrogen (secondary N) is 1. The topological polar surface area (TPSA) is 49.4 Å². The zero-order chi connectivity index (χ0) is 18.6. The Balaban J connectivity index is 1.48. The van der Waals surface area contributed by atoms with Crippen LogP contribution < -0.4 is 5.32 Å². The fraction of sp³-hybridized carbons (Fsp3) is 0.429. The maximum Gasteiger partial charge on any atom is 0.281 e. The van der Waals surface area contributed by atoms with Gasteiger partial charge < -0.3 is 10.2 Å². The van der Waals surface area contributed by atoms with Crippen LogP contribution in [-0.4, -0.2) is 34.9 Å². The monoisotopic (exact) mass is 400 g/mol. The van der Waals surface area contributed by atoms with Crippen LogP contribution in [0.1, 0.15) is 46.9 Å². The average molecular weight is 401 g/mol. The number of carbonyl (C=O) groups is 2. The minimum Gasteiger partial charge on any atom is -0.344 e. The van der Waals surface area contributed by atoms with E-state index in [9.17, 15) is 9.59 Å². The van der Waals surface area contributed by atoms with E-state index in [1.54, 1.807) is 16.2 Å². The first-order valence-corrected chi connectivity index (χ1v) is 11.4. The highest BCUT2D eigenvalue weighted by Gasteiger charge is 2.23. The molecular weight excluding hydrogens is 376 g/mol. The van der Waals surface area contributed by atoms with Gasteiger partial charge in [0.05, 0.1) is 6.04 Å². The number of thiophene rings is 1. The van der Waals surface area contributed by atoms with Crippen molar-refractivity contribution in [3.05, 3.63) is 57.3 Å². The molecule has 0 unspecified atom stereocenters. The minimum absolute atomic E-state index is 0.00387. The summed E-state index contributed by atoms with van der Waals surface area (Å²) in [5, 5.41) is 5.35. The van der Waals surface area contributed by atoms with E-state index in [0.717, 1.165) is 35.6 Å². The van der Waals surface area contributed by atoms with Crippen molar-refractivity contribution < 1.29 is 9.59 Å². The summed E-state index contributed by atoms with van der Waals surface area (Å²) in [4.78, 5) is 27.2. The second-order valence-corrected chi connectivity index (χ2v) is 9.13. The molecule has 1 N–H and O–H groups in total. The van der Waals surface area contributed by atoms with Crippen LogP contribution in [-0.2, 0) is 17.6 Å². The van der Waals surface area contributed by atoms with Crippen LogP contribution in [0.5, 0.6) is 0 Å². The standard InChI is InChI=1S/C21H24N2O2S2/c24-19(9-10-23-11-13-27-21(23)25)22-20(18-6-3-12-26-18)17-8-7-15-4-1-2-5-16(15)14-17/h3,6-8,12,14,20H,1-2,4-5,9-11,13H2,(H,22,24)/t20-/m1/s1. The Labute approximate surface area is 168 Å². The summed E-state index contributed by atoms with van der Waals surface area (Å²) in [5.74, 6) is 0.823. The van der Waals surface area contributed by atoms with Crippen molar-refractivity contribution >= 4 is 34.2 Å². The molecule has 2 aromatic rings. The molecule has 142 valence electrons. The van der Waals surface area contributed by atoms with Crippen LogP contribution in [0.2, 0.25) is 0 Å². The summed E-state index contributed by atoms with van der Waals surface area (Å²) in [6.07, 6.45) is 5.15. The maximum atomic E-state index is 12.6. The second-order valence-electron chi connectivity index (χ2n) is 7.10. The molecule has 27 heavy (non-hydrogen) atoms. The predicted molar refractivity (Wildman–Crippen MR) is 111 cm³/mol. The SMILES string of the molecule is O=C(CCN1CCSC1=O)N[C@H](c1ccc2c(c1)CCCC2)c1cccs1. The number of carbonyl (C=O) groups excluding carboxylic acids is 2. The number of fused-ring (bicyclic) bond motifs is 1. The number of thioether (sulfide) groups is 1. The van der Waals surface area contributed by atoms with E-state index in [0.29, 0.717) is 13.0 Å². The number of hydrogen-bond acceptors (Lipinski definition) is 4. The predicted octanol–water partition coefficient (Wildman–Crippen LogP) is 4.39. The van der Waals surface area contributed by atoms with Crippen LogP contribution >= 0.6 is 23.1 Å². The Hall–Kier alpha value is -1.79. The van der Waals surface area contributed by atoms with Gasteiger partial charge in [-0.05, 0) is 53.8 Å². The van der Waals surface area contributed by atoms with E-state index in [1.165, 1.54) is 35.7 Å². The minimum atomic E-state index is -0.117. The van der Waals surface area contributed by atoms with Gasteiger partial charge in [0.1, 0.15) is 0 Å². The molecule has 2 aliphatic rings. The van der Waals surface area contributed by atoms with Crippen molar-refractivity contribution in [2.45, 2.75) is 38.1 Å². The molecule has 1 atom stereocenters. The van der Waals surface area contributed by atoms with E-state index in [2.05, 4.69) is 29.6 Å².